The van der Waals surface area contributed by atoms with Gasteiger partial charge in [0.25, 0.3) is 0 Å². The number of nitrogens with one attached hydrogen (secondary N) is 1. The van der Waals surface area contributed by atoms with Gasteiger partial charge in [-0.2, -0.15) is 0 Å². The third-order valence-corrected chi connectivity index (χ3v) is 5.54. The molecule has 2 saturated heterocycles. The van der Waals surface area contributed by atoms with Crippen LogP contribution in [0.2, 0.25) is 0 Å². The topological polar surface area (TPSA) is 52.7 Å². The molecule has 26 heavy (non-hydrogen) atoms. The molecule has 3 rings (SSSR count). The molecule has 1 N–H and O–H groups in total. The summed E-state index contributed by atoms with van der Waals surface area (Å²) in [5.41, 5.74) is 2.63. The summed E-state index contributed by atoms with van der Waals surface area (Å²) in [5.74, 6) is 0.426. The number of carbonyl (C=O) groups excluding carboxylic acids is 2. The molecule has 2 aliphatic heterocycles. The highest BCUT2D eigenvalue weighted by molar-refractivity contribution is 5.80. The summed E-state index contributed by atoms with van der Waals surface area (Å²) in [6.45, 7) is 5.71. The van der Waals surface area contributed by atoms with Crippen LogP contribution in [0.5, 0.6) is 0 Å². The van der Waals surface area contributed by atoms with Crippen molar-refractivity contribution in [3.63, 3.8) is 0 Å². The van der Waals surface area contributed by atoms with E-state index < -0.39 is 0 Å². The molecule has 2 aliphatic rings. The van der Waals surface area contributed by atoms with Crippen LogP contribution in [0.15, 0.2) is 24.3 Å². The molecule has 5 nitrogen and oxygen atoms in total. The second-order valence-corrected chi connectivity index (χ2v) is 7.59. The van der Waals surface area contributed by atoms with Crippen molar-refractivity contribution in [3.05, 3.63) is 35.4 Å². The van der Waals surface area contributed by atoms with Gasteiger partial charge in [-0.1, -0.05) is 29.8 Å². The number of carbonyl (C=O) groups is 2. The number of benzene rings is 1. The Kier molecular flexibility index (Phi) is 6.67. The molecule has 142 valence electrons. The largest absolute Gasteiger partial charge is 0.341 e. The molecule has 1 atom stereocenters. The van der Waals surface area contributed by atoms with Crippen molar-refractivity contribution in [1.82, 2.24) is 15.1 Å². The van der Waals surface area contributed by atoms with E-state index in [-0.39, 0.29) is 17.9 Å². The first-order valence-corrected chi connectivity index (χ1v) is 9.97. The zero-order valence-corrected chi connectivity index (χ0v) is 15.9. The number of likely N-dealkylation sites (tertiary alicyclic amines) is 1. The van der Waals surface area contributed by atoms with Gasteiger partial charge in [-0.25, -0.2) is 0 Å². The highest BCUT2D eigenvalue weighted by Crippen LogP contribution is 2.18. The number of rotatable bonds is 6. The summed E-state index contributed by atoms with van der Waals surface area (Å²) in [6, 6.07) is 8.85. The zero-order valence-electron chi connectivity index (χ0n) is 15.9. The molecule has 0 radical (unpaired) electrons. The van der Waals surface area contributed by atoms with E-state index >= 15 is 0 Å². The lowest BCUT2D eigenvalue weighted by molar-refractivity contribution is -0.140. The molecule has 0 spiro atoms. The van der Waals surface area contributed by atoms with E-state index in [0.717, 1.165) is 51.7 Å². The molecule has 5 heteroatoms. The summed E-state index contributed by atoms with van der Waals surface area (Å²) < 4.78 is 0. The van der Waals surface area contributed by atoms with Crippen molar-refractivity contribution in [2.45, 2.75) is 51.5 Å². The van der Waals surface area contributed by atoms with Crippen LogP contribution in [0.25, 0.3) is 0 Å². The molecule has 2 heterocycles. The number of aryl methyl sites for hydroxylation is 2. The first-order chi connectivity index (χ1) is 12.6. The maximum atomic E-state index is 12.6. The maximum Gasteiger partial charge on any atom is 0.236 e. The Morgan fingerprint density at radius 1 is 1.19 bits per heavy atom. The van der Waals surface area contributed by atoms with Crippen molar-refractivity contribution >= 4 is 11.8 Å². The van der Waals surface area contributed by atoms with E-state index in [1.165, 1.54) is 11.1 Å². The average Bonchev–Trinajstić information content (AvgIpc) is 2.67. The third-order valence-electron chi connectivity index (χ3n) is 5.54. The minimum absolute atomic E-state index is 0.175. The molecular weight excluding hydrogens is 326 g/mol. The SMILES string of the molecule is Cc1ccc(CCCCC(=O)N2CCCC(N3CCNCC3=O)C2)cc1. The Balaban J connectivity index is 1.41. The summed E-state index contributed by atoms with van der Waals surface area (Å²) >= 11 is 0. The van der Waals surface area contributed by atoms with Crippen LogP contribution in [0.3, 0.4) is 0 Å². The summed E-state index contributed by atoms with van der Waals surface area (Å²) in [4.78, 5) is 28.6. The molecule has 0 saturated carbocycles. The molecule has 2 fully saturated rings. The van der Waals surface area contributed by atoms with E-state index in [1.807, 2.05) is 9.80 Å². The van der Waals surface area contributed by atoms with Crippen LogP contribution in [-0.2, 0) is 16.0 Å². The number of hydrogen-bond acceptors (Lipinski definition) is 3. The number of nitrogens with zero attached hydrogens (tertiary/aromatic N) is 2. The summed E-state index contributed by atoms with van der Waals surface area (Å²) in [5, 5.41) is 3.12. The van der Waals surface area contributed by atoms with Crippen molar-refractivity contribution < 1.29 is 9.59 Å². The first kappa shape index (κ1) is 18.9. The molecule has 1 aromatic rings. The highest BCUT2D eigenvalue weighted by atomic mass is 16.2. The quantitative estimate of drug-likeness (QED) is 0.794. The van der Waals surface area contributed by atoms with Crippen molar-refractivity contribution in [1.29, 1.82) is 0 Å². The van der Waals surface area contributed by atoms with E-state index in [4.69, 9.17) is 0 Å². The molecule has 0 bridgehead atoms. The predicted octanol–water partition coefficient (Wildman–Crippen LogP) is 2.13. The third kappa shape index (κ3) is 5.07. The number of unbranched alkanes of at least 4 members (excludes halogenated alkanes) is 1. The van der Waals surface area contributed by atoms with Crippen LogP contribution < -0.4 is 5.32 Å². The number of piperidine rings is 1. The van der Waals surface area contributed by atoms with Gasteiger partial charge in [0, 0.05) is 38.6 Å². The van der Waals surface area contributed by atoms with Gasteiger partial charge in [0.15, 0.2) is 0 Å². The molecule has 1 unspecified atom stereocenters. The van der Waals surface area contributed by atoms with Crippen LogP contribution in [0.1, 0.15) is 43.2 Å². The minimum Gasteiger partial charge on any atom is -0.341 e. The standard InChI is InChI=1S/C21H31N3O2/c1-17-8-10-18(11-9-17)5-2-3-7-20(25)23-13-4-6-19(16-23)24-14-12-22-15-21(24)26/h8-11,19,22H,2-7,12-16H2,1H3. The van der Waals surface area contributed by atoms with Gasteiger partial charge in [0.2, 0.25) is 11.8 Å². The van der Waals surface area contributed by atoms with Crippen LogP contribution in [-0.4, -0.2) is 60.4 Å². The van der Waals surface area contributed by atoms with Crippen LogP contribution in [0.4, 0.5) is 0 Å². The summed E-state index contributed by atoms with van der Waals surface area (Å²) in [7, 11) is 0. The molecule has 1 aromatic carbocycles. The van der Waals surface area contributed by atoms with Gasteiger partial charge in [-0.3, -0.25) is 9.59 Å². The molecule has 2 amide bonds. The van der Waals surface area contributed by atoms with Crippen LogP contribution >= 0.6 is 0 Å². The summed E-state index contributed by atoms with van der Waals surface area (Å²) in [6.07, 6.45) is 5.64. The van der Waals surface area contributed by atoms with E-state index in [9.17, 15) is 9.59 Å². The Labute approximate surface area is 156 Å². The fourth-order valence-electron chi connectivity index (χ4n) is 3.96. The number of piperazine rings is 1. The second kappa shape index (κ2) is 9.17. The monoisotopic (exact) mass is 357 g/mol. The highest BCUT2D eigenvalue weighted by Gasteiger charge is 2.31. The van der Waals surface area contributed by atoms with Gasteiger partial charge in [0.1, 0.15) is 0 Å². The fraction of sp³-hybridized carbons (Fsp3) is 0.619. The smallest absolute Gasteiger partial charge is 0.236 e. The van der Waals surface area contributed by atoms with Gasteiger partial charge >= 0.3 is 0 Å². The number of amides is 2. The van der Waals surface area contributed by atoms with Crippen LogP contribution in [0, 0.1) is 6.92 Å². The zero-order chi connectivity index (χ0) is 18.4. The molecular formula is C21H31N3O2. The lowest BCUT2D eigenvalue weighted by Crippen LogP contribution is -2.57. The maximum absolute atomic E-state index is 12.6. The van der Waals surface area contributed by atoms with Gasteiger partial charge < -0.3 is 15.1 Å². The molecule has 0 aliphatic carbocycles. The van der Waals surface area contributed by atoms with E-state index in [0.29, 0.717) is 19.5 Å². The Hall–Kier alpha value is -1.88. The normalized spacial score (nSPS) is 21.1. The average molecular weight is 357 g/mol. The Morgan fingerprint density at radius 2 is 2.00 bits per heavy atom. The van der Waals surface area contributed by atoms with Crippen molar-refractivity contribution in [3.8, 4) is 0 Å². The van der Waals surface area contributed by atoms with Gasteiger partial charge in [-0.15, -0.1) is 0 Å². The lowest BCUT2D eigenvalue weighted by Gasteiger charge is -2.41. The minimum atomic E-state index is 0.175. The lowest BCUT2D eigenvalue weighted by atomic mass is 10.0. The fourth-order valence-corrected chi connectivity index (χ4v) is 3.96. The van der Waals surface area contributed by atoms with E-state index in [1.54, 1.807) is 0 Å². The van der Waals surface area contributed by atoms with Crippen molar-refractivity contribution in [2.24, 2.45) is 0 Å². The van der Waals surface area contributed by atoms with Gasteiger partial charge in [-0.05, 0) is 44.6 Å². The Morgan fingerprint density at radius 3 is 2.77 bits per heavy atom. The van der Waals surface area contributed by atoms with E-state index in [2.05, 4.69) is 36.5 Å². The second-order valence-electron chi connectivity index (χ2n) is 7.59. The first-order valence-electron chi connectivity index (χ1n) is 9.97. The predicted molar refractivity (Wildman–Crippen MR) is 103 cm³/mol. The number of hydrogen-bond donors (Lipinski definition) is 1. The Bertz CT molecular complexity index is 614. The van der Waals surface area contributed by atoms with Crippen molar-refractivity contribution in [2.75, 3.05) is 32.7 Å². The molecule has 0 aromatic heterocycles. The van der Waals surface area contributed by atoms with Gasteiger partial charge in [0.05, 0.1) is 6.54 Å².